The summed E-state index contributed by atoms with van der Waals surface area (Å²) >= 11 is 0. The van der Waals surface area contributed by atoms with Crippen LogP contribution in [0.4, 0.5) is 17.6 Å². The van der Waals surface area contributed by atoms with Crippen LogP contribution >= 0.6 is 0 Å². The molecule has 1 unspecified atom stereocenters. The van der Waals surface area contributed by atoms with Crippen molar-refractivity contribution in [2.75, 3.05) is 0 Å². The van der Waals surface area contributed by atoms with E-state index in [9.17, 15) is 17.6 Å². The lowest BCUT2D eigenvalue weighted by Gasteiger charge is -2.35. The quantitative estimate of drug-likeness (QED) is 0.146. The van der Waals surface area contributed by atoms with Crippen LogP contribution in [0.2, 0.25) is 0 Å². The Bertz CT molecular complexity index is 816. The van der Waals surface area contributed by atoms with Crippen LogP contribution in [0.3, 0.4) is 0 Å². The third-order valence-corrected chi connectivity index (χ3v) is 9.37. The predicted molar refractivity (Wildman–Crippen MR) is 152 cm³/mol. The van der Waals surface area contributed by atoms with Crippen LogP contribution in [0.5, 0.6) is 0 Å². The third kappa shape index (κ3) is 10.7. The highest BCUT2D eigenvalue weighted by molar-refractivity contribution is 5.66. The van der Waals surface area contributed by atoms with Gasteiger partial charge in [0.2, 0.25) is 0 Å². The van der Waals surface area contributed by atoms with E-state index in [1.807, 2.05) is 0 Å². The normalized spacial score (nSPS) is 22.4. The van der Waals surface area contributed by atoms with E-state index in [2.05, 4.69) is 13.0 Å². The van der Waals surface area contributed by atoms with Gasteiger partial charge in [-0.3, -0.25) is 0 Å². The second-order valence-electron chi connectivity index (χ2n) is 12.3. The van der Waals surface area contributed by atoms with Gasteiger partial charge in [0.15, 0.2) is 0 Å². The molecule has 0 saturated heterocycles. The molecule has 1 aromatic carbocycles. The molecule has 216 valence electrons. The molecule has 3 rings (SSSR count). The first-order chi connectivity index (χ1) is 18.4. The molecule has 0 heterocycles. The highest BCUT2D eigenvalue weighted by atomic mass is 19.4. The van der Waals surface area contributed by atoms with Crippen molar-refractivity contribution >= 4 is 5.57 Å². The molecular weight excluding hydrogens is 484 g/mol. The van der Waals surface area contributed by atoms with Crippen molar-refractivity contribution in [3.63, 3.8) is 0 Å². The topological polar surface area (TPSA) is 0 Å². The van der Waals surface area contributed by atoms with Crippen molar-refractivity contribution in [3.05, 3.63) is 41.2 Å². The van der Waals surface area contributed by atoms with E-state index in [1.54, 1.807) is 0 Å². The van der Waals surface area contributed by atoms with Crippen molar-refractivity contribution in [3.8, 4) is 0 Å². The predicted octanol–water partition coefficient (Wildman–Crippen LogP) is 12.3. The number of hydrogen-bond acceptors (Lipinski definition) is 0. The average Bonchev–Trinajstić information content (AvgIpc) is 2.91. The Balaban J connectivity index is 1.23. The highest BCUT2D eigenvalue weighted by Crippen LogP contribution is 2.42. The summed E-state index contributed by atoms with van der Waals surface area (Å²) in [4.78, 5) is 0. The van der Waals surface area contributed by atoms with Crippen molar-refractivity contribution in [1.29, 1.82) is 0 Å². The molecule has 0 aliphatic heterocycles. The smallest absolute Gasteiger partial charge is 0.206 e. The second kappa shape index (κ2) is 16.7. The van der Waals surface area contributed by atoms with E-state index in [0.717, 1.165) is 48.8 Å². The Morgan fingerprint density at radius 3 is 1.79 bits per heavy atom. The summed E-state index contributed by atoms with van der Waals surface area (Å²) in [6.45, 7) is 2.28. The first-order valence-corrected chi connectivity index (χ1v) is 15.9. The molecule has 0 spiro atoms. The number of alkyl halides is 3. The van der Waals surface area contributed by atoms with Crippen molar-refractivity contribution in [2.24, 2.45) is 17.8 Å². The molecule has 0 bridgehead atoms. The maximum atomic E-state index is 14.0. The molecule has 0 nitrogen and oxygen atoms in total. The van der Waals surface area contributed by atoms with Gasteiger partial charge in [-0.2, -0.15) is 13.2 Å². The van der Waals surface area contributed by atoms with Crippen LogP contribution in [0.25, 0.3) is 5.57 Å². The molecule has 1 saturated carbocycles. The van der Waals surface area contributed by atoms with E-state index in [1.165, 1.54) is 122 Å². The van der Waals surface area contributed by atoms with Gasteiger partial charge in [0.05, 0.1) is 5.56 Å². The molecule has 2 aliphatic rings. The standard InChI is InChI=1S/C34H52F4/c1-2-3-4-5-6-7-8-9-10-11-12-13-14-15-27-16-18-28(19-17-27)29-20-22-30(23-21-29)31-24-25-32(33(35)26-31)34(36,37)38/h22,24-29H,2-21,23H2,1H3. The van der Waals surface area contributed by atoms with E-state index < -0.39 is 17.6 Å². The number of allylic oxidation sites excluding steroid dienone is 2. The van der Waals surface area contributed by atoms with Gasteiger partial charge in [-0.1, -0.05) is 122 Å². The summed E-state index contributed by atoms with van der Waals surface area (Å²) < 4.78 is 52.6. The Morgan fingerprint density at radius 1 is 0.711 bits per heavy atom. The largest absolute Gasteiger partial charge is 0.419 e. The molecule has 0 radical (unpaired) electrons. The summed E-state index contributed by atoms with van der Waals surface area (Å²) in [7, 11) is 0. The highest BCUT2D eigenvalue weighted by Gasteiger charge is 2.34. The maximum Gasteiger partial charge on any atom is 0.419 e. The minimum absolute atomic E-state index is 0.607. The summed E-state index contributed by atoms with van der Waals surface area (Å²) in [5.41, 5.74) is 0.437. The first-order valence-electron chi connectivity index (χ1n) is 15.9. The van der Waals surface area contributed by atoms with Gasteiger partial charge in [0.1, 0.15) is 5.82 Å². The average molecular weight is 537 g/mol. The number of hydrogen-bond donors (Lipinski definition) is 0. The zero-order valence-electron chi connectivity index (χ0n) is 23.9. The molecule has 1 aromatic rings. The van der Waals surface area contributed by atoms with E-state index in [-0.39, 0.29) is 0 Å². The lowest BCUT2D eigenvalue weighted by molar-refractivity contribution is -0.140. The zero-order chi connectivity index (χ0) is 27.2. The van der Waals surface area contributed by atoms with E-state index in [4.69, 9.17) is 0 Å². The molecule has 1 fully saturated rings. The Morgan fingerprint density at radius 2 is 1.29 bits per heavy atom. The minimum Gasteiger partial charge on any atom is -0.206 e. The van der Waals surface area contributed by atoms with Crippen molar-refractivity contribution in [1.82, 2.24) is 0 Å². The van der Waals surface area contributed by atoms with Gasteiger partial charge in [-0.15, -0.1) is 0 Å². The van der Waals surface area contributed by atoms with E-state index >= 15 is 0 Å². The second-order valence-corrected chi connectivity index (χ2v) is 12.3. The third-order valence-electron chi connectivity index (χ3n) is 9.37. The summed E-state index contributed by atoms with van der Waals surface area (Å²) in [5.74, 6) is 1.19. The van der Waals surface area contributed by atoms with Crippen LogP contribution in [0, 0.1) is 23.6 Å². The Hall–Kier alpha value is -1.32. The molecular formula is C34H52F4. The molecule has 0 aromatic heterocycles. The van der Waals surface area contributed by atoms with Crippen LogP contribution in [0.1, 0.15) is 153 Å². The molecule has 38 heavy (non-hydrogen) atoms. The molecule has 0 amide bonds. The fraction of sp³-hybridized carbons (Fsp3) is 0.765. The maximum absolute atomic E-state index is 14.0. The SMILES string of the molecule is CCCCCCCCCCCCCCCC1CCC(C2CC=C(c3ccc(C(F)(F)F)c(F)c3)CC2)CC1. The fourth-order valence-electron chi connectivity index (χ4n) is 6.89. The monoisotopic (exact) mass is 536 g/mol. The van der Waals surface area contributed by atoms with Crippen LogP contribution < -0.4 is 0 Å². The van der Waals surface area contributed by atoms with Gasteiger partial charge in [-0.05, 0) is 73.1 Å². The van der Waals surface area contributed by atoms with Crippen molar-refractivity contribution < 1.29 is 17.6 Å². The summed E-state index contributed by atoms with van der Waals surface area (Å²) in [5, 5.41) is 0. The summed E-state index contributed by atoms with van der Waals surface area (Å²) in [6.07, 6.45) is 25.6. The van der Waals surface area contributed by atoms with Crippen LogP contribution in [-0.4, -0.2) is 0 Å². The number of rotatable bonds is 16. The van der Waals surface area contributed by atoms with Crippen LogP contribution in [0.15, 0.2) is 24.3 Å². The molecule has 0 N–H and O–H groups in total. The van der Waals surface area contributed by atoms with Crippen molar-refractivity contribution in [2.45, 2.75) is 148 Å². The molecule has 4 heteroatoms. The lowest BCUT2D eigenvalue weighted by atomic mass is 9.70. The molecule has 1 atom stereocenters. The lowest BCUT2D eigenvalue weighted by Crippen LogP contribution is -2.23. The van der Waals surface area contributed by atoms with Gasteiger partial charge < -0.3 is 0 Å². The molecule has 2 aliphatic carbocycles. The van der Waals surface area contributed by atoms with Gasteiger partial charge in [-0.25, -0.2) is 4.39 Å². The Labute approximate surface area is 230 Å². The van der Waals surface area contributed by atoms with Gasteiger partial charge >= 0.3 is 6.18 Å². The van der Waals surface area contributed by atoms with E-state index in [0.29, 0.717) is 11.5 Å². The number of halogens is 4. The Kier molecular flexibility index (Phi) is 13.7. The van der Waals surface area contributed by atoms with Gasteiger partial charge in [0.25, 0.3) is 0 Å². The van der Waals surface area contributed by atoms with Gasteiger partial charge in [0, 0.05) is 0 Å². The fourth-order valence-corrected chi connectivity index (χ4v) is 6.89. The zero-order valence-corrected chi connectivity index (χ0v) is 23.9. The summed E-state index contributed by atoms with van der Waals surface area (Å²) in [6, 6.07) is 3.38. The van der Waals surface area contributed by atoms with Crippen LogP contribution in [-0.2, 0) is 6.18 Å². The number of unbranched alkanes of at least 4 members (excludes halogenated alkanes) is 12. The first kappa shape index (κ1) is 31.2. The minimum atomic E-state index is -4.64. The number of benzene rings is 1.